The molecule has 0 amide bonds. The van der Waals surface area contributed by atoms with E-state index in [0.717, 1.165) is 77.8 Å². The van der Waals surface area contributed by atoms with Crippen LogP contribution in [-0.4, -0.2) is 27.6 Å². The molecule has 0 unspecified atom stereocenters. The Morgan fingerprint density at radius 2 is 1.31 bits per heavy atom. The summed E-state index contributed by atoms with van der Waals surface area (Å²) in [6, 6.07) is 60.1. The SMILES string of the molecule is C[Si](C)(C)c1ccc(-c2[c-]cccc2)nc1.[Ir].[c-]1ccc2c(oc3c4ccccc4ccc23)c1-c1nc2nc(-c3ccccc3)ccc2n1-c1ccccc1. The second-order valence-electron chi connectivity index (χ2n) is 14.3. The van der Waals surface area contributed by atoms with Crippen molar-refractivity contribution in [3.8, 4) is 39.6 Å². The summed E-state index contributed by atoms with van der Waals surface area (Å²) in [6.45, 7) is 7.00. The third-order valence-corrected chi connectivity index (χ3v) is 11.8. The maximum absolute atomic E-state index is 6.63. The Morgan fingerprint density at radius 3 is 2.05 bits per heavy atom. The molecule has 1 radical (unpaired) electrons. The Labute approximate surface area is 334 Å². The molecular formula is C48H36IrN4OSi-2. The zero-order valence-corrected chi connectivity index (χ0v) is 34.0. The first kappa shape index (κ1) is 36.0. The Kier molecular flexibility index (Phi) is 9.85. The molecule has 5 nitrogen and oxygen atoms in total. The number of furan rings is 1. The molecule has 6 aromatic carbocycles. The van der Waals surface area contributed by atoms with Crippen LogP contribution in [0.4, 0.5) is 0 Å². The Morgan fingerprint density at radius 1 is 0.582 bits per heavy atom. The van der Waals surface area contributed by atoms with Crippen LogP contribution >= 0.6 is 0 Å². The van der Waals surface area contributed by atoms with Gasteiger partial charge in [0, 0.05) is 48.3 Å². The zero-order valence-electron chi connectivity index (χ0n) is 30.6. The number of fused-ring (bicyclic) bond motifs is 6. The normalized spacial score (nSPS) is 11.4. The molecule has 0 fully saturated rings. The minimum atomic E-state index is -1.23. The molecule has 4 aromatic heterocycles. The first-order valence-electron chi connectivity index (χ1n) is 18.1. The predicted octanol–water partition coefficient (Wildman–Crippen LogP) is 11.7. The molecule has 0 saturated carbocycles. The summed E-state index contributed by atoms with van der Waals surface area (Å²) in [7, 11) is -1.23. The van der Waals surface area contributed by atoms with E-state index in [-0.39, 0.29) is 20.1 Å². The summed E-state index contributed by atoms with van der Waals surface area (Å²) in [5.74, 6) is 0.748. The van der Waals surface area contributed by atoms with Crippen molar-refractivity contribution >= 4 is 57.1 Å². The number of rotatable bonds is 5. The molecule has 0 aliphatic rings. The third kappa shape index (κ3) is 6.94. The fourth-order valence-electron chi connectivity index (χ4n) is 6.92. The van der Waals surface area contributed by atoms with Gasteiger partial charge < -0.3 is 14.0 Å². The first-order chi connectivity index (χ1) is 26.4. The van der Waals surface area contributed by atoms with Crippen molar-refractivity contribution in [2.24, 2.45) is 0 Å². The van der Waals surface area contributed by atoms with E-state index in [1.165, 1.54) is 5.19 Å². The zero-order chi connectivity index (χ0) is 36.6. The van der Waals surface area contributed by atoms with E-state index in [1.807, 2.05) is 79.0 Å². The maximum atomic E-state index is 6.63. The van der Waals surface area contributed by atoms with Crippen LogP contribution in [0.2, 0.25) is 19.6 Å². The van der Waals surface area contributed by atoms with Crippen LogP contribution in [0.5, 0.6) is 0 Å². The number of nitrogens with zero attached hydrogens (tertiary/aromatic N) is 4. The molecular weight excluding hydrogens is 869 g/mol. The molecule has 4 heterocycles. The molecule has 10 aromatic rings. The van der Waals surface area contributed by atoms with E-state index >= 15 is 0 Å². The molecule has 0 aliphatic heterocycles. The number of benzene rings is 6. The van der Waals surface area contributed by atoms with Gasteiger partial charge in [-0.15, -0.1) is 54.1 Å². The van der Waals surface area contributed by atoms with E-state index in [9.17, 15) is 0 Å². The average molecular weight is 905 g/mol. The fourth-order valence-corrected chi connectivity index (χ4v) is 7.96. The largest absolute Gasteiger partial charge is 0.500 e. The van der Waals surface area contributed by atoms with Crippen LogP contribution in [0.3, 0.4) is 0 Å². The minimum absolute atomic E-state index is 0. The molecule has 0 saturated heterocycles. The van der Waals surface area contributed by atoms with Gasteiger partial charge in [0.15, 0.2) is 5.65 Å². The minimum Gasteiger partial charge on any atom is -0.500 e. The van der Waals surface area contributed by atoms with Gasteiger partial charge in [0.2, 0.25) is 0 Å². The van der Waals surface area contributed by atoms with Crippen LogP contribution in [0.25, 0.3) is 83.5 Å². The molecule has 0 bridgehead atoms. The second-order valence-corrected chi connectivity index (χ2v) is 19.4. The van der Waals surface area contributed by atoms with Crippen molar-refractivity contribution in [3.63, 3.8) is 0 Å². The van der Waals surface area contributed by atoms with E-state index in [2.05, 4.69) is 126 Å². The Balaban J connectivity index is 0.000000212. The van der Waals surface area contributed by atoms with Crippen molar-refractivity contribution in [3.05, 3.63) is 176 Å². The first-order valence-corrected chi connectivity index (χ1v) is 21.6. The van der Waals surface area contributed by atoms with Crippen LogP contribution in [0.1, 0.15) is 0 Å². The second kappa shape index (κ2) is 15.0. The summed E-state index contributed by atoms with van der Waals surface area (Å²) < 4.78 is 8.77. The number of aromatic nitrogens is 4. The van der Waals surface area contributed by atoms with Crippen molar-refractivity contribution < 1.29 is 24.5 Å². The summed E-state index contributed by atoms with van der Waals surface area (Å²) >= 11 is 0. The smallest absolute Gasteiger partial charge is 0.168 e. The van der Waals surface area contributed by atoms with Crippen molar-refractivity contribution in [1.82, 2.24) is 19.5 Å². The monoisotopic (exact) mass is 905 g/mol. The van der Waals surface area contributed by atoms with Crippen molar-refractivity contribution in [2.75, 3.05) is 0 Å². The van der Waals surface area contributed by atoms with Gasteiger partial charge in [0.25, 0.3) is 0 Å². The number of pyridine rings is 2. The van der Waals surface area contributed by atoms with Crippen molar-refractivity contribution in [2.45, 2.75) is 19.6 Å². The molecule has 10 rings (SSSR count). The third-order valence-electron chi connectivity index (χ3n) is 9.76. The van der Waals surface area contributed by atoms with Gasteiger partial charge >= 0.3 is 0 Å². The van der Waals surface area contributed by atoms with E-state index < -0.39 is 8.07 Å². The molecule has 0 atom stereocenters. The van der Waals surface area contributed by atoms with Crippen LogP contribution in [-0.2, 0) is 20.1 Å². The predicted molar refractivity (Wildman–Crippen MR) is 225 cm³/mol. The number of hydrogen-bond acceptors (Lipinski definition) is 4. The molecule has 269 valence electrons. The topological polar surface area (TPSA) is 56.7 Å². The van der Waals surface area contributed by atoms with Gasteiger partial charge in [-0.1, -0.05) is 128 Å². The summed E-state index contributed by atoms with van der Waals surface area (Å²) in [4.78, 5) is 14.6. The molecule has 55 heavy (non-hydrogen) atoms. The van der Waals surface area contributed by atoms with Gasteiger partial charge in [-0.2, -0.15) is 0 Å². The van der Waals surface area contributed by atoms with Gasteiger partial charge in [0.1, 0.15) is 5.58 Å². The van der Waals surface area contributed by atoms with Crippen LogP contribution < -0.4 is 5.19 Å². The maximum Gasteiger partial charge on any atom is 0.168 e. The van der Waals surface area contributed by atoms with Crippen molar-refractivity contribution in [1.29, 1.82) is 0 Å². The van der Waals surface area contributed by atoms with Crippen LogP contribution in [0, 0.1) is 12.1 Å². The van der Waals surface area contributed by atoms with E-state index in [4.69, 9.17) is 14.4 Å². The van der Waals surface area contributed by atoms with E-state index in [1.54, 1.807) is 0 Å². The van der Waals surface area contributed by atoms with Gasteiger partial charge in [-0.3, -0.25) is 4.98 Å². The summed E-state index contributed by atoms with van der Waals surface area (Å²) in [6.07, 6.45) is 2.02. The van der Waals surface area contributed by atoms with Gasteiger partial charge in [-0.25, -0.2) is 4.98 Å². The number of para-hydroxylation sites is 1. The average Bonchev–Trinajstić information content (AvgIpc) is 3.81. The van der Waals surface area contributed by atoms with Crippen LogP contribution in [0.15, 0.2) is 168 Å². The number of hydrogen-bond donors (Lipinski definition) is 0. The summed E-state index contributed by atoms with van der Waals surface area (Å²) in [5.41, 5.74) is 9.09. The summed E-state index contributed by atoms with van der Waals surface area (Å²) in [5, 5.41) is 5.77. The Bertz CT molecular complexity index is 2900. The van der Waals surface area contributed by atoms with Gasteiger partial charge in [0.05, 0.1) is 30.7 Å². The standard InChI is InChI=1S/C34H20N3O.C14H16NSi.Ir/c1-3-11-23(12-4-1)29-20-21-30-33(35-29)36-34(37(30)24-13-5-2-6-14-24)28-17-9-16-26-27-19-18-22-10-7-8-15-25(22)31(27)38-32(26)28;1-16(2,3)13-9-10-14(15-11-13)12-7-5-4-6-8-12;/h1-16,18-21H;4-7,9-11H,1-3H3;/q2*-1;. The quantitative estimate of drug-likeness (QED) is 0.128. The molecule has 7 heteroatoms. The van der Waals surface area contributed by atoms with Gasteiger partial charge in [-0.05, 0) is 40.5 Å². The molecule has 0 spiro atoms. The van der Waals surface area contributed by atoms with E-state index in [0.29, 0.717) is 5.65 Å². The fraction of sp³-hybridized carbons (Fsp3) is 0.0625. The number of imidazole rings is 1. The Hall–Kier alpha value is -5.98. The molecule has 0 N–H and O–H groups in total. The molecule has 0 aliphatic carbocycles.